The molecule has 1 N–H and O–H groups in total. The van der Waals surface area contributed by atoms with E-state index >= 15 is 0 Å². The van der Waals surface area contributed by atoms with Crippen molar-refractivity contribution in [2.45, 2.75) is 0 Å². The predicted octanol–water partition coefficient (Wildman–Crippen LogP) is 2.90. The van der Waals surface area contributed by atoms with Gasteiger partial charge in [0.25, 0.3) is 0 Å². The van der Waals surface area contributed by atoms with E-state index in [1.807, 2.05) is 0 Å². The van der Waals surface area contributed by atoms with Crippen molar-refractivity contribution in [3.8, 4) is 0 Å². The molecule has 2 nitrogen and oxygen atoms in total. The van der Waals surface area contributed by atoms with Gasteiger partial charge in [-0.15, -0.1) is 0 Å². The normalized spacial score (nSPS) is 9.85. The number of carbonyl (C=O) groups is 1. The first kappa shape index (κ1) is 10.8. The van der Waals surface area contributed by atoms with E-state index in [0.29, 0.717) is 6.41 Å². The lowest BCUT2D eigenvalue weighted by atomic mass is 10.3. The minimum atomic E-state index is -0.748. The zero-order chi connectivity index (χ0) is 10.0. The molecular weight excluding hydrogens is 359 g/mol. The van der Waals surface area contributed by atoms with E-state index in [1.165, 1.54) is 0 Å². The van der Waals surface area contributed by atoms with Gasteiger partial charge in [-0.1, -0.05) is 0 Å². The summed E-state index contributed by atoms with van der Waals surface area (Å²) in [6.45, 7) is 0. The Kier molecular flexibility index (Phi) is 3.60. The molecular formula is C7H3BrF2INO. The van der Waals surface area contributed by atoms with Crippen molar-refractivity contribution in [1.82, 2.24) is 0 Å². The third kappa shape index (κ3) is 2.16. The molecule has 0 aliphatic heterocycles. The molecule has 0 aliphatic rings. The van der Waals surface area contributed by atoms with Crippen LogP contribution in [0.5, 0.6) is 0 Å². The Bertz CT molecular complexity index is 359. The number of hydrogen-bond acceptors (Lipinski definition) is 1. The van der Waals surface area contributed by atoms with Crippen LogP contribution in [0.4, 0.5) is 14.5 Å². The van der Waals surface area contributed by atoms with E-state index in [0.717, 1.165) is 6.07 Å². The number of rotatable bonds is 2. The monoisotopic (exact) mass is 361 g/mol. The van der Waals surface area contributed by atoms with Crippen LogP contribution in [-0.4, -0.2) is 6.41 Å². The number of hydrogen-bond donors (Lipinski definition) is 1. The van der Waals surface area contributed by atoms with Crippen LogP contribution in [0.25, 0.3) is 0 Å². The summed E-state index contributed by atoms with van der Waals surface area (Å²) in [7, 11) is 0. The van der Waals surface area contributed by atoms with Gasteiger partial charge in [0.2, 0.25) is 6.41 Å². The number of nitrogens with one attached hydrogen (secondary N) is 1. The quantitative estimate of drug-likeness (QED) is 0.373. The van der Waals surface area contributed by atoms with Gasteiger partial charge in [-0.3, -0.25) is 4.79 Å². The van der Waals surface area contributed by atoms with E-state index in [4.69, 9.17) is 0 Å². The number of amides is 1. The summed E-state index contributed by atoms with van der Waals surface area (Å²) in [6.07, 6.45) is 0.365. The zero-order valence-corrected chi connectivity index (χ0v) is 9.82. The summed E-state index contributed by atoms with van der Waals surface area (Å²) in [6, 6.07) is 1.04. The van der Waals surface area contributed by atoms with Crippen LogP contribution < -0.4 is 5.32 Å². The van der Waals surface area contributed by atoms with Crippen LogP contribution in [0, 0.1) is 15.2 Å². The molecule has 0 heterocycles. The van der Waals surface area contributed by atoms with Gasteiger partial charge in [0, 0.05) is 0 Å². The Morgan fingerprint density at radius 2 is 2.15 bits per heavy atom. The van der Waals surface area contributed by atoms with Crippen LogP contribution in [0.2, 0.25) is 0 Å². The third-order valence-corrected chi connectivity index (χ3v) is 3.10. The van der Waals surface area contributed by atoms with Gasteiger partial charge in [0.1, 0.15) is 5.82 Å². The number of anilines is 1. The zero-order valence-electron chi connectivity index (χ0n) is 6.07. The van der Waals surface area contributed by atoms with E-state index in [2.05, 4.69) is 21.2 Å². The average Bonchev–Trinajstić information content (AvgIpc) is 2.11. The minimum Gasteiger partial charge on any atom is -0.328 e. The maximum absolute atomic E-state index is 13.1. The Balaban J connectivity index is 3.31. The van der Waals surface area contributed by atoms with Gasteiger partial charge in [0.05, 0.1) is 13.7 Å². The molecule has 0 bridgehead atoms. The summed E-state index contributed by atoms with van der Waals surface area (Å²) in [5.74, 6) is -1.47. The molecule has 13 heavy (non-hydrogen) atoms. The highest BCUT2D eigenvalue weighted by atomic mass is 127. The molecule has 0 saturated heterocycles. The van der Waals surface area contributed by atoms with Crippen LogP contribution >= 0.6 is 38.5 Å². The van der Waals surface area contributed by atoms with Gasteiger partial charge in [0.15, 0.2) is 5.82 Å². The second kappa shape index (κ2) is 4.32. The average molecular weight is 362 g/mol. The van der Waals surface area contributed by atoms with Crippen molar-refractivity contribution in [3.05, 3.63) is 25.7 Å². The van der Waals surface area contributed by atoms with Crippen LogP contribution in [0.1, 0.15) is 0 Å². The lowest BCUT2D eigenvalue weighted by Gasteiger charge is -2.05. The second-order valence-electron chi connectivity index (χ2n) is 2.11. The number of carbonyl (C=O) groups excluding carboxylic acids is 1. The smallest absolute Gasteiger partial charge is 0.211 e. The number of benzene rings is 1. The molecule has 0 aliphatic carbocycles. The Labute approximate surface area is 95.0 Å². The fourth-order valence-corrected chi connectivity index (χ4v) is 2.01. The first-order valence-corrected chi connectivity index (χ1v) is 4.98. The maximum Gasteiger partial charge on any atom is 0.211 e. The van der Waals surface area contributed by atoms with Crippen molar-refractivity contribution in [2.75, 3.05) is 5.32 Å². The van der Waals surface area contributed by atoms with Gasteiger partial charge in [-0.2, -0.15) is 0 Å². The highest BCUT2D eigenvalue weighted by Gasteiger charge is 2.14. The minimum absolute atomic E-state index is 0.119. The van der Waals surface area contributed by atoms with Gasteiger partial charge in [-0.25, -0.2) is 8.78 Å². The fourth-order valence-electron chi connectivity index (χ4n) is 0.741. The second-order valence-corrected chi connectivity index (χ2v) is 3.98. The standard InChI is InChI=1S/C7H3BrF2INO/c8-5-3(9)1-4(12-2-13)7(11)6(5)10/h1-2H,(H,12,13). The molecule has 0 saturated carbocycles. The first-order chi connectivity index (χ1) is 6.07. The molecule has 0 atom stereocenters. The number of halogens is 4. The molecule has 6 heteroatoms. The van der Waals surface area contributed by atoms with Crippen molar-refractivity contribution in [3.63, 3.8) is 0 Å². The molecule has 0 unspecified atom stereocenters. The van der Waals surface area contributed by atoms with E-state index in [9.17, 15) is 13.6 Å². The summed E-state index contributed by atoms with van der Waals surface area (Å²) in [5.41, 5.74) is 0.119. The Morgan fingerprint density at radius 3 is 2.69 bits per heavy atom. The predicted molar refractivity (Wildman–Crippen MR) is 56.5 cm³/mol. The van der Waals surface area contributed by atoms with Gasteiger partial charge in [-0.05, 0) is 44.6 Å². The topological polar surface area (TPSA) is 29.1 Å². The summed E-state index contributed by atoms with van der Waals surface area (Å²) in [5, 5.41) is 2.20. The van der Waals surface area contributed by atoms with Crippen molar-refractivity contribution in [1.29, 1.82) is 0 Å². The molecule has 0 aromatic heterocycles. The molecule has 1 aromatic rings. The summed E-state index contributed by atoms with van der Waals surface area (Å²) < 4.78 is 26.0. The molecule has 1 aromatic carbocycles. The molecule has 1 amide bonds. The Hall–Kier alpha value is -0.240. The van der Waals surface area contributed by atoms with Crippen LogP contribution in [0.15, 0.2) is 10.5 Å². The molecule has 70 valence electrons. The third-order valence-electron chi connectivity index (χ3n) is 1.32. The van der Waals surface area contributed by atoms with Crippen molar-refractivity contribution < 1.29 is 13.6 Å². The van der Waals surface area contributed by atoms with E-state index < -0.39 is 11.6 Å². The highest BCUT2D eigenvalue weighted by Crippen LogP contribution is 2.29. The Morgan fingerprint density at radius 1 is 1.54 bits per heavy atom. The molecule has 0 spiro atoms. The first-order valence-electron chi connectivity index (χ1n) is 3.11. The maximum atomic E-state index is 13.1. The molecule has 0 radical (unpaired) electrons. The van der Waals surface area contributed by atoms with Gasteiger partial charge >= 0.3 is 0 Å². The lowest BCUT2D eigenvalue weighted by Crippen LogP contribution is -2.00. The van der Waals surface area contributed by atoms with Crippen LogP contribution in [-0.2, 0) is 4.79 Å². The lowest BCUT2D eigenvalue weighted by molar-refractivity contribution is -0.105. The SMILES string of the molecule is O=CNc1cc(F)c(Br)c(F)c1I. The van der Waals surface area contributed by atoms with Gasteiger partial charge < -0.3 is 5.32 Å². The van der Waals surface area contributed by atoms with Crippen molar-refractivity contribution >= 4 is 50.6 Å². The van der Waals surface area contributed by atoms with E-state index in [-0.39, 0.29) is 13.7 Å². The molecule has 1 rings (SSSR count). The summed E-state index contributed by atoms with van der Waals surface area (Å²) in [4.78, 5) is 10.1. The summed E-state index contributed by atoms with van der Waals surface area (Å²) >= 11 is 4.42. The highest BCUT2D eigenvalue weighted by molar-refractivity contribution is 14.1. The van der Waals surface area contributed by atoms with E-state index in [1.54, 1.807) is 22.6 Å². The molecule has 0 fully saturated rings. The van der Waals surface area contributed by atoms with Crippen molar-refractivity contribution in [2.24, 2.45) is 0 Å². The van der Waals surface area contributed by atoms with Crippen LogP contribution in [0.3, 0.4) is 0 Å². The fraction of sp³-hybridized carbons (Fsp3) is 0. The largest absolute Gasteiger partial charge is 0.328 e.